The number of nitrogens with zero attached hydrogens (tertiary/aromatic N) is 4. The van der Waals surface area contributed by atoms with E-state index >= 15 is 0 Å². The minimum atomic E-state index is -0.113. The van der Waals surface area contributed by atoms with Crippen molar-refractivity contribution >= 4 is 11.6 Å². The summed E-state index contributed by atoms with van der Waals surface area (Å²) >= 11 is 0. The standard InChI is InChI=1S/C22H28FN5/c23-18-4-1-2-5-19(18)27-12-7-17(8-13-27)28-11-3-9-22(15-28)10-6-16-14-25-21(24)26-20(16)22/h1-2,4-5,14,17H,3,6-13,15H2,(H2,24,25,26). The Morgan fingerprint density at radius 2 is 1.93 bits per heavy atom. The molecule has 2 fully saturated rings. The lowest BCUT2D eigenvalue weighted by molar-refractivity contribution is 0.0861. The summed E-state index contributed by atoms with van der Waals surface area (Å²) in [5.41, 5.74) is 9.28. The smallest absolute Gasteiger partial charge is 0.220 e. The lowest BCUT2D eigenvalue weighted by Crippen LogP contribution is -2.52. The number of nitrogen functional groups attached to an aromatic ring is 1. The molecule has 2 saturated heterocycles. The second kappa shape index (κ2) is 6.99. The minimum Gasteiger partial charge on any atom is -0.369 e. The summed E-state index contributed by atoms with van der Waals surface area (Å²) in [7, 11) is 0. The molecular formula is C22H28FN5. The van der Waals surface area contributed by atoms with E-state index in [2.05, 4.69) is 19.8 Å². The molecular weight excluding hydrogens is 353 g/mol. The summed E-state index contributed by atoms with van der Waals surface area (Å²) in [4.78, 5) is 13.7. The molecule has 1 unspecified atom stereocenters. The van der Waals surface area contributed by atoms with Gasteiger partial charge in [-0.25, -0.2) is 14.4 Å². The summed E-state index contributed by atoms with van der Waals surface area (Å²) in [5.74, 6) is 0.285. The highest BCUT2D eigenvalue weighted by Gasteiger charge is 2.45. The molecule has 3 heterocycles. The molecule has 0 saturated carbocycles. The molecule has 28 heavy (non-hydrogen) atoms. The first-order valence-electron chi connectivity index (χ1n) is 10.5. The normalized spacial score (nSPS) is 26.0. The average molecular weight is 381 g/mol. The van der Waals surface area contributed by atoms with E-state index in [0.29, 0.717) is 12.0 Å². The molecule has 5 nitrogen and oxygen atoms in total. The molecule has 0 radical (unpaired) electrons. The van der Waals surface area contributed by atoms with Gasteiger partial charge in [-0.3, -0.25) is 4.90 Å². The van der Waals surface area contributed by atoms with Crippen molar-refractivity contribution in [3.05, 3.63) is 47.5 Å². The van der Waals surface area contributed by atoms with Gasteiger partial charge in [-0.2, -0.15) is 0 Å². The van der Waals surface area contributed by atoms with Crippen molar-refractivity contribution in [1.29, 1.82) is 0 Å². The van der Waals surface area contributed by atoms with Gasteiger partial charge in [0.15, 0.2) is 0 Å². The summed E-state index contributed by atoms with van der Waals surface area (Å²) < 4.78 is 14.1. The molecule has 1 aliphatic carbocycles. The highest BCUT2D eigenvalue weighted by molar-refractivity contribution is 5.48. The van der Waals surface area contributed by atoms with Crippen molar-refractivity contribution in [2.45, 2.75) is 50.0 Å². The number of hydrogen-bond acceptors (Lipinski definition) is 5. The Hall–Kier alpha value is -2.21. The fraction of sp³-hybridized carbons (Fsp3) is 0.545. The molecule has 3 aliphatic rings. The van der Waals surface area contributed by atoms with Gasteiger partial charge >= 0.3 is 0 Å². The molecule has 1 aromatic heterocycles. The van der Waals surface area contributed by atoms with Crippen LogP contribution in [-0.2, 0) is 11.8 Å². The van der Waals surface area contributed by atoms with Gasteiger partial charge in [0.2, 0.25) is 5.95 Å². The Labute approximate surface area is 165 Å². The first-order chi connectivity index (χ1) is 13.6. The highest BCUT2D eigenvalue weighted by atomic mass is 19.1. The second-order valence-electron chi connectivity index (χ2n) is 8.63. The molecule has 6 heteroatoms. The number of para-hydroxylation sites is 1. The van der Waals surface area contributed by atoms with Gasteiger partial charge in [-0.1, -0.05) is 12.1 Å². The first kappa shape index (κ1) is 17.9. The number of aromatic nitrogens is 2. The van der Waals surface area contributed by atoms with Gasteiger partial charge in [0.25, 0.3) is 0 Å². The summed E-state index contributed by atoms with van der Waals surface area (Å²) in [5, 5.41) is 0. The van der Waals surface area contributed by atoms with Crippen LogP contribution in [0.1, 0.15) is 43.4 Å². The maximum absolute atomic E-state index is 14.1. The Balaban J connectivity index is 1.29. The molecule has 1 aromatic carbocycles. The van der Waals surface area contributed by atoms with E-state index in [9.17, 15) is 4.39 Å². The highest BCUT2D eigenvalue weighted by Crippen LogP contribution is 2.45. The maximum atomic E-state index is 14.1. The Morgan fingerprint density at radius 1 is 1.11 bits per heavy atom. The number of aryl methyl sites for hydroxylation is 1. The molecule has 5 rings (SSSR count). The van der Waals surface area contributed by atoms with Crippen LogP contribution in [0, 0.1) is 5.82 Å². The van der Waals surface area contributed by atoms with E-state index in [-0.39, 0.29) is 11.2 Å². The van der Waals surface area contributed by atoms with E-state index in [1.165, 1.54) is 24.1 Å². The van der Waals surface area contributed by atoms with E-state index in [1.807, 2.05) is 18.3 Å². The van der Waals surface area contributed by atoms with Gasteiger partial charge in [0.1, 0.15) is 5.82 Å². The number of nitrogens with two attached hydrogens (primary N) is 1. The summed E-state index contributed by atoms with van der Waals surface area (Å²) in [6.07, 6.45) is 8.72. The largest absolute Gasteiger partial charge is 0.369 e. The number of hydrogen-bond donors (Lipinski definition) is 1. The van der Waals surface area contributed by atoms with Crippen LogP contribution in [-0.4, -0.2) is 47.1 Å². The Bertz CT molecular complexity index is 860. The van der Waals surface area contributed by atoms with Crippen LogP contribution in [0.3, 0.4) is 0 Å². The number of anilines is 2. The van der Waals surface area contributed by atoms with Gasteiger partial charge in [0, 0.05) is 37.3 Å². The quantitative estimate of drug-likeness (QED) is 0.866. The van der Waals surface area contributed by atoms with Crippen LogP contribution in [0.5, 0.6) is 0 Å². The molecule has 2 N–H and O–H groups in total. The predicted molar refractivity (Wildman–Crippen MR) is 109 cm³/mol. The molecule has 0 bridgehead atoms. The number of piperidine rings is 2. The predicted octanol–water partition coefficient (Wildman–Crippen LogP) is 3.15. The van der Waals surface area contributed by atoms with Crippen molar-refractivity contribution in [3.8, 4) is 0 Å². The Kier molecular flexibility index (Phi) is 4.46. The third kappa shape index (κ3) is 3.04. The number of halogens is 1. The Morgan fingerprint density at radius 3 is 2.75 bits per heavy atom. The van der Waals surface area contributed by atoms with Crippen molar-refractivity contribution in [2.24, 2.45) is 0 Å². The number of rotatable bonds is 2. The monoisotopic (exact) mass is 381 g/mol. The van der Waals surface area contributed by atoms with E-state index < -0.39 is 0 Å². The average Bonchev–Trinajstić information content (AvgIpc) is 3.06. The van der Waals surface area contributed by atoms with E-state index in [4.69, 9.17) is 5.73 Å². The van der Waals surface area contributed by atoms with E-state index in [1.54, 1.807) is 12.1 Å². The SMILES string of the molecule is Nc1ncc2c(n1)C1(CCCN(C3CCN(c4ccccc4F)CC3)C1)CC2. The summed E-state index contributed by atoms with van der Waals surface area (Å²) in [6, 6.07) is 7.70. The number of likely N-dealkylation sites (tertiary alicyclic amines) is 1. The van der Waals surface area contributed by atoms with Crippen molar-refractivity contribution in [2.75, 3.05) is 36.8 Å². The fourth-order valence-electron chi connectivity index (χ4n) is 5.61. The third-order valence-corrected chi connectivity index (χ3v) is 7.04. The van der Waals surface area contributed by atoms with Crippen LogP contribution in [0.4, 0.5) is 16.0 Å². The molecule has 1 spiro atoms. The van der Waals surface area contributed by atoms with Crippen molar-refractivity contribution < 1.29 is 4.39 Å². The van der Waals surface area contributed by atoms with Gasteiger partial charge in [0.05, 0.1) is 11.4 Å². The zero-order chi connectivity index (χ0) is 19.1. The van der Waals surface area contributed by atoms with Crippen LogP contribution in [0.2, 0.25) is 0 Å². The zero-order valence-electron chi connectivity index (χ0n) is 16.3. The minimum absolute atomic E-state index is 0.113. The van der Waals surface area contributed by atoms with Gasteiger partial charge in [-0.15, -0.1) is 0 Å². The van der Waals surface area contributed by atoms with Crippen molar-refractivity contribution in [1.82, 2.24) is 14.9 Å². The lowest BCUT2D eigenvalue weighted by atomic mass is 9.76. The van der Waals surface area contributed by atoms with Crippen LogP contribution in [0.25, 0.3) is 0 Å². The zero-order valence-corrected chi connectivity index (χ0v) is 16.3. The number of fused-ring (bicyclic) bond motifs is 2. The summed E-state index contributed by atoms with van der Waals surface area (Å²) in [6.45, 7) is 4.06. The second-order valence-corrected chi connectivity index (χ2v) is 8.63. The fourth-order valence-corrected chi connectivity index (χ4v) is 5.61. The van der Waals surface area contributed by atoms with Crippen LogP contribution >= 0.6 is 0 Å². The topological polar surface area (TPSA) is 58.3 Å². The molecule has 2 aliphatic heterocycles. The maximum Gasteiger partial charge on any atom is 0.220 e. The first-order valence-corrected chi connectivity index (χ1v) is 10.5. The van der Waals surface area contributed by atoms with Crippen LogP contribution < -0.4 is 10.6 Å². The third-order valence-electron chi connectivity index (χ3n) is 7.04. The van der Waals surface area contributed by atoms with Gasteiger partial charge in [-0.05, 0) is 62.8 Å². The molecule has 0 amide bonds. The molecule has 148 valence electrons. The number of benzene rings is 1. The van der Waals surface area contributed by atoms with Crippen LogP contribution in [0.15, 0.2) is 30.5 Å². The lowest BCUT2D eigenvalue weighted by Gasteiger charge is -2.46. The van der Waals surface area contributed by atoms with Gasteiger partial charge < -0.3 is 10.6 Å². The molecule has 2 aromatic rings. The van der Waals surface area contributed by atoms with E-state index in [0.717, 1.165) is 57.5 Å². The molecule has 1 atom stereocenters. The van der Waals surface area contributed by atoms with Crippen molar-refractivity contribution in [3.63, 3.8) is 0 Å².